The summed E-state index contributed by atoms with van der Waals surface area (Å²) in [5.41, 5.74) is 0.0367. The van der Waals surface area contributed by atoms with Gasteiger partial charge in [0.15, 0.2) is 11.2 Å². The molecule has 12 nitrogen and oxygen atoms in total. The third kappa shape index (κ3) is 3.87. The summed E-state index contributed by atoms with van der Waals surface area (Å²) in [4.78, 5) is 38.8. The lowest BCUT2D eigenvalue weighted by molar-refractivity contribution is -0.700. The van der Waals surface area contributed by atoms with Gasteiger partial charge < -0.3 is 20.1 Å². The molecule has 0 bridgehead atoms. The lowest BCUT2D eigenvalue weighted by Crippen LogP contribution is -2.92. The predicted molar refractivity (Wildman–Crippen MR) is 106 cm³/mol. The van der Waals surface area contributed by atoms with Crippen LogP contribution >= 0.6 is 0 Å². The summed E-state index contributed by atoms with van der Waals surface area (Å²) in [7, 11) is 2.94. The molecule has 160 valence electrons. The van der Waals surface area contributed by atoms with Gasteiger partial charge in [0.1, 0.15) is 12.1 Å². The van der Waals surface area contributed by atoms with Crippen molar-refractivity contribution in [2.24, 2.45) is 14.1 Å². The maximum Gasteiger partial charge on any atom is 0.332 e. The van der Waals surface area contributed by atoms with Crippen LogP contribution in [0.25, 0.3) is 11.2 Å². The van der Waals surface area contributed by atoms with Crippen LogP contribution in [0.15, 0.2) is 40.2 Å². The summed E-state index contributed by atoms with van der Waals surface area (Å²) >= 11 is 0. The number of aliphatic hydroxyl groups excluding tert-OH is 2. The molecule has 4 N–H and O–H groups in total. The number of aryl methyl sites for hydroxylation is 1. The summed E-state index contributed by atoms with van der Waals surface area (Å²) < 4.78 is 3.94. The largest absolute Gasteiger partial charge is 0.390 e. The Morgan fingerprint density at radius 3 is 2.47 bits per heavy atom. The fourth-order valence-electron chi connectivity index (χ4n) is 3.34. The minimum atomic E-state index is -1.04. The number of nitrogens with zero attached hydrogens (tertiary/aromatic N) is 5. The molecule has 30 heavy (non-hydrogen) atoms. The molecule has 1 aromatic carbocycles. The van der Waals surface area contributed by atoms with Gasteiger partial charge in [0.2, 0.25) is 0 Å². The van der Waals surface area contributed by atoms with Gasteiger partial charge >= 0.3 is 5.69 Å². The van der Waals surface area contributed by atoms with Gasteiger partial charge in [-0.15, -0.1) is 0 Å². The highest BCUT2D eigenvalue weighted by Crippen LogP contribution is 2.19. The highest BCUT2D eigenvalue weighted by Gasteiger charge is 2.24. The molecule has 2 aromatic heterocycles. The van der Waals surface area contributed by atoms with Crippen LogP contribution in [-0.4, -0.2) is 53.0 Å². The van der Waals surface area contributed by atoms with Gasteiger partial charge in [-0.05, 0) is 17.7 Å². The first-order chi connectivity index (χ1) is 14.3. The van der Waals surface area contributed by atoms with Crippen LogP contribution in [0.2, 0.25) is 0 Å². The van der Waals surface area contributed by atoms with Crippen molar-refractivity contribution in [2.45, 2.75) is 18.7 Å². The zero-order chi connectivity index (χ0) is 22.0. The normalized spacial score (nSPS) is 13.5. The van der Waals surface area contributed by atoms with E-state index in [1.807, 2.05) is 0 Å². The van der Waals surface area contributed by atoms with Crippen LogP contribution in [0.5, 0.6) is 0 Å². The molecule has 0 aliphatic carbocycles. The molecule has 0 spiro atoms. The Bertz CT molecular complexity index is 1180. The number of nitro groups is 1. The molecule has 0 saturated heterocycles. The Morgan fingerprint density at radius 2 is 1.87 bits per heavy atom. The second-order valence-corrected chi connectivity index (χ2v) is 6.98. The topological polar surface area (TPSA) is 162 Å². The number of aliphatic hydroxyl groups is 2. The first kappa shape index (κ1) is 21.4. The quantitative estimate of drug-likeness (QED) is 0.281. The van der Waals surface area contributed by atoms with E-state index in [1.54, 1.807) is 9.88 Å². The summed E-state index contributed by atoms with van der Waals surface area (Å²) in [6, 6.07) is 4.89. The van der Waals surface area contributed by atoms with Crippen molar-refractivity contribution in [1.29, 1.82) is 0 Å². The molecule has 0 saturated carbocycles. The number of imidazole rings is 1. The van der Waals surface area contributed by atoms with Gasteiger partial charge in [-0.25, -0.2) is 9.78 Å². The molecular weight excluding hydrogens is 396 g/mol. The molecule has 0 amide bonds. The Kier molecular flexibility index (Phi) is 6.10. The lowest BCUT2D eigenvalue weighted by atomic mass is 10.0. The van der Waals surface area contributed by atoms with Crippen molar-refractivity contribution in [2.75, 3.05) is 13.2 Å². The maximum absolute atomic E-state index is 12.5. The number of rotatable bonds is 8. The standard InChI is InChI=1S/C18H22N6O6/c1-21-16-14(17(27)22(2)18(21)28)23(10-20-16)8-7-19-13(9-25)15(26)11-3-5-12(6-4-11)24(29)30/h3-6,10,13,15,19,25-26H,7-9H2,1-2H3/p+1/t13-,15-/m0/s1. The van der Waals surface area contributed by atoms with Crippen LogP contribution in [0.1, 0.15) is 11.7 Å². The minimum absolute atomic E-state index is 0.0848. The summed E-state index contributed by atoms with van der Waals surface area (Å²) in [6.45, 7) is 0.444. The SMILES string of the molecule is Cn1c(=O)c2c(ncn2CC[NH2+][C@@H](CO)[C@@H](O)c2ccc([N+](=O)[O-])cc2)n(C)c1=O. The van der Waals surface area contributed by atoms with Gasteiger partial charge in [-0.1, -0.05) is 0 Å². The summed E-state index contributed by atoms with van der Waals surface area (Å²) in [5.74, 6) is 0. The van der Waals surface area contributed by atoms with Crippen molar-refractivity contribution in [1.82, 2.24) is 18.7 Å². The summed E-state index contributed by atoms with van der Waals surface area (Å²) in [6.07, 6.45) is 0.434. The van der Waals surface area contributed by atoms with Crippen LogP contribution in [0.4, 0.5) is 5.69 Å². The van der Waals surface area contributed by atoms with Crippen LogP contribution in [0.3, 0.4) is 0 Å². The molecule has 2 heterocycles. The first-order valence-electron chi connectivity index (χ1n) is 9.23. The number of hydrogen-bond donors (Lipinski definition) is 3. The number of nitro benzene ring substituents is 1. The van der Waals surface area contributed by atoms with E-state index in [0.717, 1.165) is 4.57 Å². The molecule has 3 aromatic rings. The predicted octanol–water partition coefficient (Wildman–Crippen LogP) is -2.00. The fourth-order valence-corrected chi connectivity index (χ4v) is 3.34. The van der Waals surface area contributed by atoms with E-state index in [2.05, 4.69) is 4.98 Å². The highest BCUT2D eigenvalue weighted by atomic mass is 16.6. The van der Waals surface area contributed by atoms with Gasteiger partial charge in [0, 0.05) is 26.2 Å². The van der Waals surface area contributed by atoms with E-state index in [0.29, 0.717) is 24.2 Å². The van der Waals surface area contributed by atoms with Crippen molar-refractivity contribution in [3.05, 3.63) is 67.1 Å². The number of non-ortho nitro benzene ring substituents is 1. The molecular formula is C18H23N6O6+. The van der Waals surface area contributed by atoms with Gasteiger partial charge in [-0.2, -0.15) is 0 Å². The van der Waals surface area contributed by atoms with E-state index in [-0.39, 0.29) is 17.9 Å². The Morgan fingerprint density at radius 1 is 1.20 bits per heavy atom. The molecule has 0 fully saturated rings. The molecule has 0 unspecified atom stereocenters. The number of fused-ring (bicyclic) bond motifs is 1. The van der Waals surface area contributed by atoms with Crippen LogP contribution < -0.4 is 16.6 Å². The fraction of sp³-hybridized carbons (Fsp3) is 0.389. The van der Waals surface area contributed by atoms with Crippen molar-refractivity contribution < 1.29 is 20.5 Å². The zero-order valence-electron chi connectivity index (χ0n) is 16.5. The second-order valence-electron chi connectivity index (χ2n) is 6.98. The van der Waals surface area contributed by atoms with E-state index in [1.165, 1.54) is 49.3 Å². The zero-order valence-corrected chi connectivity index (χ0v) is 16.5. The van der Waals surface area contributed by atoms with Crippen LogP contribution in [-0.2, 0) is 20.6 Å². The Labute approximate surface area is 169 Å². The average molecular weight is 419 g/mol. The smallest absolute Gasteiger partial charge is 0.332 e. The van der Waals surface area contributed by atoms with Gasteiger partial charge in [0.05, 0.1) is 30.9 Å². The number of benzene rings is 1. The maximum atomic E-state index is 12.5. The van der Waals surface area contributed by atoms with E-state index < -0.39 is 28.3 Å². The average Bonchev–Trinajstić information content (AvgIpc) is 3.17. The van der Waals surface area contributed by atoms with E-state index in [9.17, 15) is 29.9 Å². The van der Waals surface area contributed by atoms with Crippen LogP contribution in [0, 0.1) is 10.1 Å². The number of nitrogens with two attached hydrogens (primary N) is 1. The molecule has 2 atom stereocenters. The minimum Gasteiger partial charge on any atom is -0.390 e. The Balaban J connectivity index is 1.72. The second kappa shape index (κ2) is 8.57. The molecule has 3 rings (SSSR count). The van der Waals surface area contributed by atoms with Crippen molar-refractivity contribution in [3.8, 4) is 0 Å². The highest BCUT2D eigenvalue weighted by molar-refractivity contribution is 5.69. The molecule has 0 aliphatic heterocycles. The van der Waals surface area contributed by atoms with Crippen molar-refractivity contribution in [3.63, 3.8) is 0 Å². The van der Waals surface area contributed by atoms with E-state index in [4.69, 9.17) is 0 Å². The summed E-state index contributed by atoms with van der Waals surface area (Å²) in [5, 5.41) is 32.7. The molecule has 12 heteroatoms. The molecule has 0 aliphatic rings. The number of quaternary nitrogens is 1. The lowest BCUT2D eigenvalue weighted by Gasteiger charge is -2.19. The van der Waals surface area contributed by atoms with E-state index >= 15 is 0 Å². The number of hydrogen-bond acceptors (Lipinski definition) is 7. The number of aromatic nitrogens is 4. The third-order valence-corrected chi connectivity index (χ3v) is 5.12. The van der Waals surface area contributed by atoms with Gasteiger partial charge in [0.25, 0.3) is 11.2 Å². The Hall–Kier alpha value is -3.35. The molecule has 0 radical (unpaired) electrons. The van der Waals surface area contributed by atoms with Crippen molar-refractivity contribution >= 4 is 16.9 Å². The monoisotopic (exact) mass is 419 g/mol. The first-order valence-corrected chi connectivity index (χ1v) is 9.23. The third-order valence-electron chi connectivity index (χ3n) is 5.12. The van der Waals surface area contributed by atoms with Gasteiger partial charge in [-0.3, -0.25) is 24.0 Å².